The summed E-state index contributed by atoms with van der Waals surface area (Å²) in [5.41, 5.74) is -0.420. The van der Waals surface area contributed by atoms with Crippen molar-refractivity contribution >= 4 is 0 Å². The molecule has 0 radical (unpaired) electrons. The first kappa shape index (κ1) is 9.10. The average molecular weight is 174 g/mol. The minimum Gasteiger partial charge on any atom is -0.166 e. The van der Waals surface area contributed by atoms with Gasteiger partial charge in [-0.15, -0.1) is 0 Å². The van der Waals surface area contributed by atoms with E-state index in [4.69, 9.17) is 0 Å². The average Bonchev–Trinajstić information content (AvgIpc) is 2.03. The summed E-state index contributed by atoms with van der Waals surface area (Å²) in [6.07, 6.45) is 1.77. The maximum atomic E-state index is 12.1. The molecule has 1 rings (SSSR count). The number of alkyl halides is 3. The van der Waals surface area contributed by atoms with E-state index in [0.29, 0.717) is 18.4 Å². The number of halogens is 3. The van der Waals surface area contributed by atoms with Gasteiger partial charge in [0.05, 0.1) is 5.57 Å². The van der Waals surface area contributed by atoms with E-state index in [1.165, 1.54) is 6.08 Å². The fourth-order valence-corrected chi connectivity index (χ4v) is 1.04. The lowest BCUT2D eigenvalue weighted by atomic mass is 9.98. The highest BCUT2D eigenvalue weighted by Gasteiger charge is 2.33. The lowest BCUT2D eigenvalue weighted by Crippen LogP contribution is -2.13. The molecule has 12 heavy (non-hydrogen) atoms. The van der Waals surface area contributed by atoms with Crippen molar-refractivity contribution < 1.29 is 13.2 Å². The van der Waals surface area contributed by atoms with Gasteiger partial charge in [-0.1, -0.05) is 24.8 Å². The Labute approximate surface area is 69.1 Å². The van der Waals surface area contributed by atoms with Crippen LogP contribution in [0, 0.1) is 0 Å². The van der Waals surface area contributed by atoms with Crippen LogP contribution >= 0.6 is 0 Å². The molecule has 0 aromatic carbocycles. The molecule has 0 N–H and O–H groups in total. The Bertz CT molecular complexity index is 243. The smallest absolute Gasteiger partial charge is 0.166 e. The van der Waals surface area contributed by atoms with Crippen LogP contribution in [0.25, 0.3) is 0 Å². The molecule has 0 saturated carbocycles. The fourth-order valence-electron chi connectivity index (χ4n) is 1.04. The lowest BCUT2D eigenvalue weighted by molar-refractivity contribution is -0.0892. The molecular weight excluding hydrogens is 165 g/mol. The maximum absolute atomic E-state index is 12.1. The van der Waals surface area contributed by atoms with Crippen LogP contribution in [0.5, 0.6) is 0 Å². The van der Waals surface area contributed by atoms with E-state index in [1.807, 2.05) is 6.08 Å². The molecule has 0 aromatic rings. The van der Waals surface area contributed by atoms with Crippen molar-refractivity contribution in [1.29, 1.82) is 0 Å². The molecule has 0 bridgehead atoms. The third kappa shape index (κ3) is 2.00. The van der Waals surface area contributed by atoms with Crippen LogP contribution in [-0.2, 0) is 0 Å². The number of rotatable bonds is 1. The van der Waals surface area contributed by atoms with Crippen LogP contribution in [0.15, 0.2) is 36.0 Å². The molecule has 0 nitrogen and oxygen atoms in total. The van der Waals surface area contributed by atoms with Crippen LogP contribution in [-0.4, -0.2) is 6.18 Å². The molecule has 1 aliphatic carbocycles. The van der Waals surface area contributed by atoms with Crippen LogP contribution in [0.2, 0.25) is 0 Å². The number of allylic oxidation sites excluding steroid dienone is 5. The highest BCUT2D eigenvalue weighted by Crippen LogP contribution is 2.32. The van der Waals surface area contributed by atoms with Crippen molar-refractivity contribution in [3.05, 3.63) is 36.0 Å². The molecule has 0 spiro atoms. The molecule has 3 heteroatoms. The van der Waals surface area contributed by atoms with E-state index in [-0.39, 0.29) is 0 Å². The largest absolute Gasteiger partial charge is 0.416 e. The summed E-state index contributed by atoms with van der Waals surface area (Å²) in [4.78, 5) is 0. The van der Waals surface area contributed by atoms with E-state index in [9.17, 15) is 13.2 Å². The number of hydrogen-bond donors (Lipinski definition) is 0. The minimum atomic E-state index is -4.28. The topological polar surface area (TPSA) is 0 Å². The summed E-state index contributed by atoms with van der Waals surface area (Å²) >= 11 is 0. The Hall–Kier alpha value is -0.990. The Morgan fingerprint density at radius 3 is 2.50 bits per heavy atom. The first-order valence-electron chi connectivity index (χ1n) is 3.64. The van der Waals surface area contributed by atoms with Crippen molar-refractivity contribution in [2.45, 2.75) is 19.0 Å². The summed E-state index contributed by atoms with van der Waals surface area (Å²) in [5, 5.41) is 0. The van der Waals surface area contributed by atoms with Gasteiger partial charge in [0, 0.05) is 0 Å². The molecule has 0 unspecified atom stereocenters. The summed E-state index contributed by atoms with van der Waals surface area (Å²) < 4.78 is 36.2. The normalized spacial score (nSPS) is 17.4. The molecule has 0 aliphatic heterocycles. The van der Waals surface area contributed by atoms with Crippen molar-refractivity contribution in [2.24, 2.45) is 0 Å². The van der Waals surface area contributed by atoms with Crippen LogP contribution in [0.1, 0.15) is 12.8 Å². The fraction of sp³-hybridized carbons (Fsp3) is 0.333. The van der Waals surface area contributed by atoms with Gasteiger partial charge in [0.15, 0.2) is 0 Å². The summed E-state index contributed by atoms with van der Waals surface area (Å²) in [7, 11) is 0. The summed E-state index contributed by atoms with van der Waals surface area (Å²) in [5.74, 6) is 0. The molecule has 0 amide bonds. The molecule has 0 atom stereocenters. The molecule has 0 aromatic heterocycles. The van der Waals surface area contributed by atoms with Gasteiger partial charge in [0.2, 0.25) is 0 Å². The first-order valence-corrected chi connectivity index (χ1v) is 3.64. The highest BCUT2D eigenvalue weighted by atomic mass is 19.4. The van der Waals surface area contributed by atoms with Gasteiger partial charge in [-0.2, -0.15) is 13.2 Å². The van der Waals surface area contributed by atoms with Crippen LogP contribution in [0.3, 0.4) is 0 Å². The SMILES string of the molecule is C=C(C1=CC=CCC1)C(F)(F)F. The van der Waals surface area contributed by atoms with Gasteiger partial charge in [0.25, 0.3) is 0 Å². The molecule has 0 saturated heterocycles. The second-order valence-corrected chi connectivity index (χ2v) is 2.64. The standard InChI is InChI=1S/C9H9F3/c1-7(9(10,11)12)8-5-3-2-4-6-8/h2-3,5H,1,4,6H2. The first-order chi connectivity index (χ1) is 5.52. The van der Waals surface area contributed by atoms with Gasteiger partial charge >= 0.3 is 6.18 Å². The summed E-state index contributed by atoms with van der Waals surface area (Å²) in [6.45, 7) is 3.02. The molecule has 1 aliphatic rings. The minimum absolute atomic E-state index is 0.296. The van der Waals surface area contributed by atoms with Gasteiger partial charge in [-0.3, -0.25) is 0 Å². The van der Waals surface area contributed by atoms with Crippen molar-refractivity contribution in [3.8, 4) is 0 Å². The van der Waals surface area contributed by atoms with E-state index in [2.05, 4.69) is 6.58 Å². The van der Waals surface area contributed by atoms with Gasteiger partial charge in [-0.05, 0) is 18.4 Å². The van der Waals surface area contributed by atoms with Crippen LogP contribution in [0.4, 0.5) is 13.2 Å². The summed E-state index contributed by atoms with van der Waals surface area (Å²) in [6, 6.07) is 0. The quantitative estimate of drug-likeness (QED) is 0.571. The molecule has 0 fully saturated rings. The maximum Gasteiger partial charge on any atom is 0.416 e. The molecule has 66 valence electrons. The van der Waals surface area contributed by atoms with Crippen molar-refractivity contribution in [2.75, 3.05) is 0 Å². The second kappa shape index (κ2) is 3.17. The zero-order valence-electron chi connectivity index (χ0n) is 6.49. The van der Waals surface area contributed by atoms with E-state index in [1.54, 1.807) is 6.08 Å². The van der Waals surface area contributed by atoms with Crippen molar-refractivity contribution in [1.82, 2.24) is 0 Å². The molecular formula is C9H9F3. The Balaban J connectivity index is 2.77. The monoisotopic (exact) mass is 174 g/mol. The van der Waals surface area contributed by atoms with E-state index in [0.717, 1.165) is 0 Å². The third-order valence-corrected chi connectivity index (χ3v) is 1.74. The van der Waals surface area contributed by atoms with Gasteiger partial charge in [0.1, 0.15) is 0 Å². The van der Waals surface area contributed by atoms with Crippen LogP contribution < -0.4 is 0 Å². The van der Waals surface area contributed by atoms with Gasteiger partial charge < -0.3 is 0 Å². The molecule has 0 heterocycles. The highest BCUT2D eigenvalue weighted by molar-refractivity contribution is 5.36. The van der Waals surface area contributed by atoms with E-state index < -0.39 is 11.7 Å². The number of hydrogen-bond acceptors (Lipinski definition) is 0. The zero-order chi connectivity index (χ0) is 9.19. The lowest BCUT2D eigenvalue weighted by Gasteiger charge is -2.14. The Morgan fingerprint density at radius 2 is 2.08 bits per heavy atom. The predicted molar refractivity (Wildman–Crippen MR) is 41.7 cm³/mol. The van der Waals surface area contributed by atoms with Gasteiger partial charge in [-0.25, -0.2) is 0 Å². The third-order valence-electron chi connectivity index (χ3n) is 1.74. The predicted octanol–water partition coefficient (Wildman–Crippen LogP) is 3.38. The van der Waals surface area contributed by atoms with Crippen molar-refractivity contribution in [3.63, 3.8) is 0 Å². The second-order valence-electron chi connectivity index (χ2n) is 2.64. The van der Waals surface area contributed by atoms with E-state index >= 15 is 0 Å². The Morgan fingerprint density at radius 1 is 1.42 bits per heavy atom. The Kier molecular flexibility index (Phi) is 2.40. The zero-order valence-corrected chi connectivity index (χ0v) is 6.49.